The van der Waals surface area contributed by atoms with Crippen LogP contribution in [0.1, 0.15) is 44.9 Å². The van der Waals surface area contributed by atoms with Crippen LogP contribution in [-0.2, 0) is 14.4 Å². The smallest absolute Gasteiger partial charge is 0.245 e. The highest BCUT2D eigenvalue weighted by molar-refractivity contribution is 5.82. The molecule has 5 rings (SSSR count). The van der Waals surface area contributed by atoms with Crippen LogP contribution in [0.5, 0.6) is 0 Å². The highest BCUT2D eigenvalue weighted by atomic mass is 16.3. The van der Waals surface area contributed by atoms with E-state index in [1.54, 1.807) is 0 Å². The summed E-state index contributed by atoms with van der Waals surface area (Å²) in [6.45, 7) is 3.36. The Balaban J connectivity index is 1.30. The van der Waals surface area contributed by atoms with Gasteiger partial charge in [0.05, 0.1) is 6.04 Å². The topological polar surface area (TPSA) is 126 Å². The first kappa shape index (κ1) is 22.1. The maximum atomic E-state index is 12.9. The van der Waals surface area contributed by atoms with E-state index in [4.69, 9.17) is 5.11 Å². The molecule has 5 aliphatic rings. The molecular formula is C22H36N6O4. The first-order chi connectivity index (χ1) is 15.5. The standard InChI is InChI=1S/C22H36N6O4/c29-13-19(30)24-16-6-9-27(11-16)18-5-8-23-22(18,26-21(32)15-3-4-15)28-10-7-17(12-28)25-20(31)14-1-2-14/h14-18,23,29H,1-13H2,(H,24,30)(H,25,31)(H,26,32)/t16-,17+,18-,22+/m1/s1. The van der Waals surface area contributed by atoms with Crippen molar-refractivity contribution in [2.45, 2.75) is 68.9 Å². The van der Waals surface area contributed by atoms with Gasteiger partial charge in [0.1, 0.15) is 6.61 Å². The summed E-state index contributed by atoms with van der Waals surface area (Å²) < 4.78 is 0. The molecule has 178 valence electrons. The second-order valence-corrected chi connectivity index (χ2v) is 10.2. The predicted molar refractivity (Wildman–Crippen MR) is 116 cm³/mol. The lowest BCUT2D eigenvalue weighted by molar-refractivity contribution is -0.130. The monoisotopic (exact) mass is 448 g/mol. The zero-order valence-electron chi connectivity index (χ0n) is 18.6. The van der Waals surface area contributed by atoms with E-state index in [1.165, 1.54) is 0 Å². The number of carbonyl (C=O) groups excluding carboxylic acids is 3. The predicted octanol–water partition coefficient (Wildman–Crippen LogP) is -1.69. The molecule has 0 unspecified atom stereocenters. The average Bonchev–Trinajstić information content (AvgIpc) is 3.68. The molecule has 10 heteroatoms. The van der Waals surface area contributed by atoms with Crippen molar-refractivity contribution < 1.29 is 19.5 Å². The summed E-state index contributed by atoms with van der Waals surface area (Å²) in [5, 5.41) is 22.2. The molecule has 0 bridgehead atoms. The van der Waals surface area contributed by atoms with Gasteiger partial charge in [0.15, 0.2) is 5.79 Å². The highest BCUT2D eigenvalue weighted by Crippen LogP contribution is 2.35. The van der Waals surface area contributed by atoms with Crippen LogP contribution in [0.25, 0.3) is 0 Å². The van der Waals surface area contributed by atoms with E-state index in [1.807, 2.05) is 0 Å². The summed E-state index contributed by atoms with van der Waals surface area (Å²) in [4.78, 5) is 41.6. The van der Waals surface area contributed by atoms with Gasteiger partial charge in [-0.1, -0.05) is 0 Å². The molecule has 0 aromatic heterocycles. The number of carbonyl (C=O) groups is 3. The number of rotatable bonds is 8. The summed E-state index contributed by atoms with van der Waals surface area (Å²) in [6, 6.07) is 0.200. The maximum Gasteiger partial charge on any atom is 0.245 e. The van der Waals surface area contributed by atoms with Crippen molar-refractivity contribution >= 4 is 17.7 Å². The second-order valence-electron chi connectivity index (χ2n) is 10.2. The molecule has 3 aliphatic heterocycles. The average molecular weight is 449 g/mol. The SMILES string of the molecule is O=C(CO)N[C@@H]1CCN([C@@H]2CCN[C@@]2(NC(=O)C2CC2)N2CC[C@H](NC(=O)C3CC3)C2)C1. The van der Waals surface area contributed by atoms with Gasteiger partial charge in [0.2, 0.25) is 17.7 Å². The lowest BCUT2D eigenvalue weighted by Gasteiger charge is -2.47. The van der Waals surface area contributed by atoms with Gasteiger partial charge in [0, 0.05) is 56.6 Å². The van der Waals surface area contributed by atoms with E-state index in [-0.39, 0.29) is 47.7 Å². The molecule has 2 saturated carbocycles. The zero-order valence-corrected chi connectivity index (χ0v) is 18.6. The van der Waals surface area contributed by atoms with Gasteiger partial charge in [0.25, 0.3) is 0 Å². The minimum absolute atomic E-state index is 0.0104. The minimum Gasteiger partial charge on any atom is -0.387 e. The van der Waals surface area contributed by atoms with E-state index in [0.29, 0.717) is 13.1 Å². The zero-order chi connectivity index (χ0) is 22.3. The third kappa shape index (κ3) is 4.50. The number of likely N-dealkylation sites (tertiary alicyclic amines) is 2. The maximum absolute atomic E-state index is 12.9. The van der Waals surface area contributed by atoms with E-state index < -0.39 is 12.4 Å². The van der Waals surface area contributed by atoms with Crippen LogP contribution in [-0.4, -0.2) is 95.9 Å². The molecule has 4 atom stereocenters. The van der Waals surface area contributed by atoms with Crippen LogP contribution in [0.4, 0.5) is 0 Å². The Morgan fingerprint density at radius 2 is 1.56 bits per heavy atom. The molecule has 5 N–H and O–H groups in total. The van der Waals surface area contributed by atoms with Crippen LogP contribution >= 0.6 is 0 Å². The van der Waals surface area contributed by atoms with Gasteiger partial charge in [-0.3, -0.25) is 29.5 Å². The summed E-state index contributed by atoms with van der Waals surface area (Å²) in [7, 11) is 0. The van der Waals surface area contributed by atoms with Crippen molar-refractivity contribution in [1.29, 1.82) is 0 Å². The Morgan fingerprint density at radius 1 is 0.875 bits per heavy atom. The molecule has 2 aliphatic carbocycles. The summed E-state index contributed by atoms with van der Waals surface area (Å²) in [5.74, 6) is -0.415. The van der Waals surface area contributed by atoms with E-state index in [0.717, 1.165) is 64.6 Å². The Bertz CT molecular complexity index is 757. The van der Waals surface area contributed by atoms with Crippen molar-refractivity contribution in [1.82, 2.24) is 31.1 Å². The van der Waals surface area contributed by atoms with Crippen LogP contribution in [0.2, 0.25) is 0 Å². The number of nitrogens with one attached hydrogen (secondary N) is 4. The molecule has 5 fully saturated rings. The quantitative estimate of drug-likeness (QED) is 0.300. The summed E-state index contributed by atoms with van der Waals surface area (Å²) in [5.41, 5.74) is 0. The third-order valence-electron chi connectivity index (χ3n) is 7.71. The van der Waals surface area contributed by atoms with Gasteiger partial charge in [-0.15, -0.1) is 0 Å². The van der Waals surface area contributed by atoms with Crippen molar-refractivity contribution in [2.75, 3.05) is 39.3 Å². The molecule has 10 nitrogen and oxygen atoms in total. The lowest BCUT2D eigenvalue weighted by Crippen LogP contribution is -2.74. The van der Waals surface area contributed by atoms with Gasteiger partial charge in [-0.05, 0) is 44.9 Å². The van der Waals surface area contributed by atoms with Crippen molar-refractivity contribution in [3.05, 3.63) is 0 Å². The number of amides is 3. The molecule has 3 heterocycles. The fraction of sp³-hybridized carbons (Fsp3) is 0.864. The fourth-order valence-corrected chi connectivity index (χ4v) is 5.66. The van der Waals surface area contributed by atoms with Gasteiger partial charge < -0.3 is 21.1 Å². The number of hydrogen-bond donors (Lipinski definition) is 5. The summed E-state index contributed by atoms with van der Waals surface area (Å²) in [6.07, 6.45) is 6.50. The van der Waals surface area contributed by atoms with Crippen LogP contribution in [0.3, 0.4) is 0 Å². The Hall–Kier alpha value is -1.75. The third-order valence-corrected chi connectivity index (χ3v) is 7.71. The first-order valence-electron chi connectivity index (χ1n) is 12.3. The molecule has 0 aromatic rings. The van der Waals surface area contributed by atoms with E-state index in [9.17, 15) is 14.4 Å². The van der Waals surface area contributed by atoms with Crippen molar-refractivity contribution in [2.24, 2.45) is 11.8 Å². The van der Waals surface area contributed by atoms with Gasteiger partial charge in [-0.2, -0.15) is 0 Å². The minimum atomic E-state index is -0.658. The Labute approximate surface area is 188 Å². The van der Waals surface area contributed by atoms with E-state index in [2.05, 4.69) is 31.1 Å². The highest BCUT2D eigenvalue weighted by Gasteiger charge is 2.54. The van der Waals surface area contributed by atoms with Crippen LogP contribution in [0, 0.1) is 11.8 Å². The van der Waals surface area contributed by atoms with Gasteiger partial charge >= 0.3 is 0 Å². The molecule has 32 heavy (non-hydrogen) atoms. The molecule has 3 amide bonds. The first-order valence-corrected chi connectivity index (χ1v) is 12.3. The summed E-state index contributed by atoms with van der Waals surface area (Å²) >= 11 is 0. The fourth-order valence-electron chi connectivity index (χ4n) is 5.66. The largest absolute Gasteiger partial charge is 0.387 e. The molecule has 0 radical (unpaired) electrons. The molecule has 0 spiro atoms. The number of aliphatic hydroxyl groups is 1. The normalized spacial score (nSPS) is 35.7. The van der Waals surface area contributed by atoms with Crippen LogP contribution < -0.4 is 21.3 Å². The molecular weight excluding hydrogens is 412 g/mol. The Morgan fingerprint density at radius 3 is 2.28 bits per heavy atom. The number of hydrogen-bond acceptors (Lipinski definition) is 7. The van der Waals surface area contributed by atoms with Gasteiger partial charge in [-0.25, -0.2) is 0 Å². The number of nitrogens with zero attached hydrogens (tertiary/aromatic N) is 2. The van der Waals surface area contributed by atoms with Crippen molar-refractivity contribution in [3.8, 4) is 0 Å². The lowest BCUT2D eigenvalue weighted by atomic mass is 10.1. The van der Waals surface area contributed by atoms with E-state index >= 15 is 0 Å². The second kappa shape index (κ2) is 8.89. The molecule has 3 saturated heterocycles. The van der Waals surface area contributed by atoms with Crippen LogP contribution in [0.15, 0.2) is 0 Å². The number of aliphatic hydroxyl groups excluding tert-OH is 1. The molecule has 0 aromatic carbocycles. The van der Waals surface area contributed by atoms with Crippen molar-refractivity contribution in [3.63, 3.8) is 0 Å². The Kier molecular flexibility index (Phi) is 6.13.